The minimum Gasteiger partial charge on any atom is -0.347 e. The number of rotatable bonds is 4. The molecule has 2 rings (SSSR count). The van der Waals surface area contributed by atoms with Gasteiger partial charge in [0.15, 0.2) is 4.34 Å². The summed E-state index contributed by atoms with van der Waals surface area (Å²) in [6.45, 7) is -0.374. The number of hydrogen-bond acceptors (Lipinski definition) is 4. The van der Waals surface area contributed by atoms with Crippen LogP contribution in [0.15, 0.2) is 24.3 Å². The van der Waals surface area contributed by atoms with Crippen LogP contribution in [0, 0.1) is 21.7 Å². The molecule has 0 atom stereocenters. The topological polar surface area (TPSA) is 72.2 Å². The summed E-state index contributed by atoms with van der Waals surface area (Å²) in [7, 11) is 0. The molecule has 9 heteroatoms. The average molecular weight is 333 g/mol. The molecule has 0 aliphatic rings. The molecule has 0 radical (unpaired) electrons. The van der Waals surface area contributed by atoms with Crippen molar-refractivity contribution < 1.29 is 18.5 Å². The van der Waals surface area contributed by atoms with E-state index in [4.69, 9.17) is 11.6 Å². The van der Waals surface area contributed by atoms with E-state index in [1.807, 2.05) is 0 Å². The molecule has 1 aromatic carbocycles. The number of thiophene rings is 1. The Bertz CT molecular complexity index is 700. The van der Waals surface area contributed by atoms with Crippen molar-refractivity contribution in [3.63, 3.8) is 0 Å². The van der Waals surface area contributed by atoms with Crippen LogP contribution in [0.1, 0.15) is 15.2 Å². The summed E-state index contributed by atoms with van der Waals surface area (Å²) in [6, 6.07) is 4.35. The summed E-state index contributed by atoms with van der Waals surface area (Å²) >= 11 is 6.35. The maximum atomic E-state index is 13.4. The molecule has 0 saturated carbocycles. The highest BCUT2D eigenvalue weighted by molar-refractivity contribution is 7.18. The average Bonchev–Trinajstić information content (AvgIpc) is 2.80. The van der Waals surface area contributed by atoms with Crippen molar-refractivity contribution in [2.45, 2.75) is 6.54 Å². The van der Waals surface area contributed by atoms with Gasteiger partial charge < -0.3 is 5.32 Å². The zero-order valence-corrected chi connectivity index (χ0v) is 11.8. The molecular formula is C12H7ClF2N2O3S. The number of hydrogen-bond donors (Lipinski definition) is 1. The Morgan fingerprint density at radius 2 is 2.00 bits per heavy atom. The lowest BCUT2D eigenvalue weighted by molar-refractivity contribution is -0.384. The van der Waals surface area contributed by atoms with Crippen LogP contribution in [0.2, 0.25) is 4.34 Å². The first-order valence-corrected chi connectivity index (χ1v) is 6.74. The molecule has 21 heavy (non-hydrogen) atoms. The lowest BCUT2D eigenvalue weighted by atomic mass is 10.2. The van der Waals surface area contributed by atoms with Gasteiger partial charge in [-0.05, 0) is 12.1 Å². The Morgan fingerprint density at radius 3 is 2.52 bits per heavy atom. The van der Waals surface area contributed by atoms with Gasteiger partial charge in [0.1, 0.15) is 16.5 Å². The lowest BCUT2D eigenvalue weighted by Gasteiger charge is -2.06. The third-order valence-corrected chi connectivity index (χ3v) is 3.91. The second kappa shape index (κ2) is 6.15. The van der Waals surface area contributed by atoms with Gasteiger partial charge >= 0.3 is 0 Å². The highest BCUT2D eigenvalue weighted by Crippen LogP contribution is 2.33. The van der Waals surface area contributed by atoms with Crippen LogP contribution in [-0.2, 0) is 6.54 Å². The Kier molecular flexibility index (Phi) is 4.49. The molecule has 0 aliphatic carbocycles. The van der Waals surface area contributed by atoms with Crippen LogP contribution in [0.25, 0.3) is 0 Å². The number of nitrogens with zero attached hydrogens (tertiary/aromatic N) is 1. The van der Waals surface area contributed by atoms with Crippen LogP contribution in [-0.4, -0.2) is 10.8 Å². The molecule has 5 nitrogen and oxygen atoms in total. The zero-order chi connectivity index (χ0) is 15.6. The molecule has 0 fully saturated rings. The normalized spacial score (nSPS) is 10.4. The summed E-state index contributed by atoms with van der Waals surface area (Å²) in [5.41, 5.74) is -0.674. The Balaban J connectivity index is 2.12. The van der Waals surface area contributed by atoms with Crippen molar-refractivity contribution >= 4 is 34.5 Å². The fourth-order valence-electron chi connectivity index (χ4n) is 1.55. The molecule has 0 unspecified atom stereocenters. The largest absolute Gasteiger partial charge is 0.347 e. The Morgan fingerprint density at radius 1 is 1.38 bits per heavy atom. The van der Waals surface area contributed by atoms with Crippen molar-refractivity contribution in [2.24, 2.45) is 0 Å². The number of carbonyl (C=O) groups excluding carboxylic acids is 1. The van der Waals surface area contributed by atoms with Gasteiger partial charge in [0, 0.05) is 18.2 Å². The first-order valence-electron chi connectivity index (χ1n) is 5.55. The van der Waals surface area contributed by atoms with Gasteiger partial charge in [0.05, 0.1) is 4.92 Å². The number of nitro groups is 1. The summed E-state index contributed by atoms with van der Waals surface area (Å²) in [6.07, 6.45) is 0. The van der Waals surface area contributed by atoms with E-state index >= 15 is 0 Å². The van der Waals surface area contributed by atoms with Crippen molar-refractivity contribution in [2.75, 3.05) is 0 Å². The van der Waals surface area contributed by atoms with E-state index in [2.05, 4.69) is 5.32 Å². The van der Waals surface area contributed by atoms with E-state index in [1.54, 1.807) is 0 Å². The van der Waals surface area contributed by atoms with E-state index in [1.165, 1.54) is 6.07 Å². The monoisotopic (exact) mass is 332 g/mol. The van der Waals surface area contributed by atoms with Gasteiger partial charge in [-0.2, -0.15) is 0 Å². The second-order valence-electron chi connectivity index (χ2n) is 3.91. The maximum absolute atomic E-state index is 13.4. The predicted octanol–water partition coefficient (Wildman–Crippen LogP) is 3.52. The van der Waals surface area contributed by atoms with Crippen molar-refractivity contribution in [3.05, 3.63) is 60.8 Å². The number of carbonyl (C=O) groups is 1. The van der Waals surface area contributed by atoms with E-state index in [9.17, 15) is 23.7 Å². The van der Waals surface area contributed by atoms with Crippen molar-refractivity contribution in [1.82, 2.24) is 5.32 Å². The predicted molar refractivity (Wildman–Crippen MR) is 73.5 cm³/mol. The second-order valence-corrected chi connectivity index (χ2v) is 5.56. The number of benzene rings is 1. The van der Waals surface area contributed by atoms with E-state index in [0.717, 1.165) is 29.5 Å². The Hall–Kier alpha value is -2.06. The van der Waals surface area contributed by atoms with Crippen molar-refractivity contribution in [1.29, 1.82) is 0 Å². The molecule has 110 valence electrons. The highest BCUT2D eigenvalue weighted by Gasteiger charge is 2.21. The third kappa shape index (κ3) is 3.34. The number of amides is 1. The lowest BCUT2D eigenvalue weighted by Crippen LogP contribution is -2.23. The summed E-state index contributed by atoms with van der Waals surface area (Å²) in [4.78, 5) is 21.7. The SMILES string of the molecule is O=C(NCc1c(F)cccc1F)c1cc([N+](=O)[O-])c(Cl)s1. The molecule has 2 aromatic rings. The summed E-state index contributed by atoms with van der Waals surface area (Å²) < 4.78 is 26.6. The van der Waals surface area contributed by atoms with Crippen LogP contribution in [0.5, 0.6) is 0 Å². The van der Waals surface area contributed by atoms with Crippen molar-refractivity contribution in [3.8, 4) is 0 Å². The minimum absolute atomic E-state index is 0.0107. The van der Waals surface area contributed by atoms with Crippen LogP contribution >= 0.6 is 22.9 Å². The minimum atomic E-state index is -0.787. The first-order chi connectivity index (χ1) is 9.90. The standard InChI is InChI=1S/C12H7ClF2N2O3S/c13-11-9(17(19)20)4-10(21-11)12(18)16-5-6-7(14)2-1-3-8(6)15/h1-4H,5H2,(H,16,18). The first kappa shape index (κ1) is 15.3. The van der Waals surface area contributed by atoms with E-state index < -0.39 is 22.5 Å². The molecular weight excluding hydrogens is 326 g/mol. The quantitative estimate of drug-likeness (QED) is 0.687. The molecule has 0 aliphatic heterocycles. The van der Waals surface area contributed by atoms with Crippen LogP contribution < -0.4 is 5.32 Å². The molecule has 0 saturated heterocycles. The number of halogens is 3. The van der Waals surface area contributed by atoms with Gasteiger partial charge in [0.25, 0.3) is 11.6 Å². The molecule has 0 spiro atoms. The van der Waals surface area contributed by atoms with Crippen LogP contribution in [0.4, 0.5) is 14.5 Å². The molecule has 1 amide bonds. The fourth-order valence-corrected chi connectivity index (χ4v) is 2.69. The molecule has 1 N–H and O–H groups in total. The van der Waals surface area contributed by atoms with Gasteiger partial charge in [0.2, 0.25) is 0 Å². The van der Waals surface area contributed by atoms with Gasteiger partial charge in [-0.3, -0.25) is 14.9 Å². The van der Waals surface area contributed by atoms with Gasteiger partial charge in [-0.25, -0.2) is 8.78 Å². The maximum Gasteiger partial charge on any atom is 0.299 e. The Labute approximate surface area is 126 Å². The molecule has 0 bridgehead atoms. The highest BCUT2D eigenvalue weighted by atomic mass is 35.5. The zero-order valence-electron chi connectivity index (χ0n) is 10.2. The van der Waals surface area contributed by atoms with Crippen LogP contribution in [0.3, 0.4) is 0 Å². The van der Waals surface area contributed by atoms with Gasteiger partial charge in [-0.15, -0.1) is 11.3 Å². The fraction of sp³-hybridized carbons (Fsp3) is 0.0833. The summed E-state index contributed by atoms with van der Waals surface area (Å²) in [5, 5.41) is 12.9. The third-order valence-electron chi connectivity index (χ3n) is 2.58. The van der Waals surface area contributed by atoms with E-state index in [-0.39, 0.29) is 27.0 Å². The number of nitrogens with one attached hydrogen (secondary N) is 1. The summed E-state index contributed by atoms with van der Waals surface area (Å²) in [5.74, 6) is -2.27. The molecule has 1 heterocycles. The van der Waals surface area contributed by atoms with Gasteiger partial charge in [-0.1, -0.05) is 17.7 Å². The molecule has 1 aromatic heterocycles. The smallest absolute Gasteiger partial charge is 0.299 e. The van der Waals surface area contributed by atoms with E-state index in [0.29, 0.717) is 0 Å².